The third kappa shape index (κ3) is 3.04. The van der Waals surface area contributed by atoms with Crippen molar-refractivity contribution < 1.29 is 0 Å². The first-order chi connectivity index (χ1) is 8.99. The summed E-state index contributed by atoms with van der Waals surface area (Å²) in [6.45, 7) is 10.3. The first-order valence-corrected chi connectivity index (χ1v) is 6.75. The van der Waals surface area contributed by atoms with Crippen molar-refractivity contribution >= 4 is 0 Å². The van der Waals surface area contributed by atoms with Gasteiger partial charge in [-0.05, 0) is 32.4 Å². The molecule has 5 nitrogen and oxygen atoms in total. The average molecular weight is 261 g/mol. The van der Waals surface area contributed by atoms with E-state index >= 15 is 0 Å². The van der Waals surface area contributed by atoms with Gasteiger partial charge in [-0.1, -0.05) is 13.8 Å². The Labute approximate surface area is 114 Å². The van der Waals surface area contributed by atoms with Crippen LogP contribution in [0.5, 0.6) is 0 Å². The Morgan fingerprint density at radius 1 is 1.26 bits per heavy atom. The Hall–Kier alpha value is -1.62. The molecule has 0 atom stereocenters. The highest BCUT2D eigenvalue weighted by Gasteiger charge is 2.15. The first kappa shape index (κ1) is 13.8. The molecule has 0 spiro atoms. The van der Waals surface area contributed by atoms with Crippen LogP contribution in [0.25, 0.3) is 5.82 Å². The minimum absolute atomic E-state index is 0.646. The van der Waals surface area contributed by atoms with Gasteiger partial charge in [0.05, 0.1) is 11.4 Å². The lowest BCUT2D eigenvalue weighted by Gasteiger charge is -2.09. The molecule has 0 amide bonds. The zero-order valence-electron chi connectivity index (χ0n) is 12.4. The molecule has 19 heavy (non-hydrogen) atoms. The molecule has 5 heteroatoms. The fraction of sp³-hybridized carbons (Fsp3) is 0.571. The van der Waals surface area contributed by atoms with Crippen molar-refractivity contribution in [2.24, 2.45) is 13.0 Å². The van der Waals surface area contributed by atoms with Crippen molar-refractivity contribution in [1.29, 1.82) is 0 Å². The number of rotatable bonds is 5. The van der Waals surface area contributed by atoms with Crippen molar-refractivity contribution in [3.05, 3.63) is 29.2 Å². The molecule has 2 heterocycles. The summed E-state index contributed by atoms with van der Waals surface area (Å²) in [4.78, 5) is 0. The van der Waals surface area contributed by atoms with E-state index in [0.29, 0.717) is 5.92 Å². The highest BCUT2D eigenvalue weighted by molar-refractivity contribution is 5.37. The molecule has 2 aromatic heterocycles. The Morgan fingerprint density at radius 2 is 2.00 bits per heavy atom. The highest BCUT2D eigenvalue weighted by atomic mass is 15.4. The third-order valence-electron chi connectivity index (χ3n) is 3.11. The molecule has 0 aliphatic heterocycles. The van der Waals surface area contributed by atoms with Gasteiger partial charge in [0.2, 0.25) is 0 Å². The monoisotopic (exact) mass is 261 g/mol. The summed E-state index contributed by atoms with van der Waals surface area (Å²) in [5.74, 6) is 1.69. The van der Waals surface area contributed by atoms with Crippen LogP contribution in [0.1, 0.15) is 30.8 Å². The molecule has 104 valence electrons. The van der Waals surface area contributed by atoms with Gasteiger partial charge in [-0.15, -0.1) is 0 Å². The summed E-state index contributed by atoms with van der Waals surface area (Å²) in [7, 11) is 1.96. The van der Waals surface area contributed by atoms with E-state index in [9.17, 15) is 0 Å². The average Bonchev–Trinajstić information content (AvgIpc) is 2.83. The number of hydrogen-bond acceptors (Lipinski definition) is 3. The van der Waals surface area contributed by atoms with Gasteiger partial charge in [0.1, 0.15) is 0 Å². The fourth-order valence-corrected chi connectivity index (χ4v) is 2.20. The Balaban J connectivity index is 2.27. The van der Waals surface area contributed by atoms with Crippen LogP contribution in [-0.4, -0.2) is 26.1 Å². The Bertz CT molecular complexity index is 550. The largest absolute Gasteiger partial charge is 0.312 e. The molecule has 0 unspecified atom stereocenters. The smallest absolute Gasteiger partial charge is 0.156 e. The number of aromatic nitrogens is 4. The van der Waals surface area contributed by atoms with E-state index in [1.165, 1.54) is 5.56 Å². The van der Waals surface area contributed by atoms with Gasteiger partial charge in [-0.25, -0.2) is 4.68 Å². The van der Waals surface area contributed by atoms with E-state index in [1.54, 1.807) is 0 Å². The van der Waals surface area contributed by atoms with Crippen LogP contribution in [0.2, 0.25) is 0 Å². The van der Waals surface area contributed by atoms with E-state index in [2.05, 4.69) is 29.4 Å². The summed E-state index contributed by atoms with van der Waals surface area (Å²) in [6, 6.07) is 2.01. The summed E-state index contributed by atoms with van der Waals surface area (Å²) in [5.41, 5.74) is 3.29. The zero-order chi connectivity index (χ0) is 14.0. The molecule has 0 radical (unpaired) electrons. The fourth-order valence-electron chi connectivity index (χ4n) is 2.20. The van der Waals surface area contributed by atoms with E-state index in [0.717, 1.165) is 30.3 Å². The lowest BCUT2D eigenvalue weighted by Crippen LogP contribution is -2.20. The first-order valence-electron chi connectivity index (χ1n) is 6.75. The van der Waals surface area contributed by atoms with Crippen LogP contribution in [-0.2, 0) is 13.6 Å². The van der Waals surface area contributed by atoms with Crippen LogP contribution >= 0.6 is 0 Å². The van der Waals surface area contributed by atoms with Crippen molar-refractivity contribution in [3.8, 4) is 5.82 Å². The summed E-state index contributed by atoms with van der Waals surface area (Å²) in [6.07, 6.45) is 1.98. The maximum absolute atomic E-state index is 4.51. The van der Waals surface area contributed by atoms with Crippen LogP contribution in [0, 0.1) is 19.8 Å². The number of aryl methyl sites for hydroxylation is 3. The van der Waals surface area contributed by atoms with Gasteiger partial charge in [0.15, 0.2) is 5.82 Å². The van der Waals surface area contributed by atoms with Crippen molar-refractivity contribution in [2.75, 3.05) is 6.54 Å². The molecule has 0 aromatic carbocycles. The normalized spacial score (nSPS) is 11.5. The molecular formula is C14H23N5. The van der Waals surface area contributed by atoms with Gasteiger partial charge in [0.25, 0.3) is 0 Å². The third-order valence-corrected chi connectivity index (χ3v) is 3.11. The predicted octanol–water partition coefficient (Wildman–Crippen LogP) is 1.97. The Kier molecular flexibility index (Phi) is 4.04. The maximum atomic E-state index is 4.51. The summed E-state index contributed by atoms with van der Waals surface area (Å²) in [5, 5.41) is 12.5. The predicted molar refractivity (Wildman–Crippen MR) is 76.3 cm³/mol. The van der Waals surface area contributed by atoms with Crippen LogP contribution in [0.15, 0.2) is 12.3 Å². The Morgan fingerprint density at radius 3 is 2.58 bits per heavy atom. The highest BCUT2D eigenvalue weighted by Crippen LogP contribution is 2.17. The molecule has 0 aliphatic rings. The number of nitrogens with zero attached hydrogens (tertiary/aromatic N) is 4. The van der Waals surface area contributed by atoms with Gasteiger partial charge >= 0.3 is 0 Å². The SMILES string of the molecule is Cc1ccn(-c2c(CNCC(C)C)c(C)nn2C)n1. The zero-order valence-corrected chi connectivity index (χ0v) is 12.4. The second-order valence-electron chi connectivity index (χ2n) is 5.44. The van der Waals surface area contributed by atoms with Gasteiger partial charge in [0, 0.05) is 25.4 Å². The molecule has 0 saturated carbocycles. The standard InChI is InChI=1S/C14H23N5/c1-10(2)8-15-9-13-12(4)17-18(5)14(13)19-7-6-11(3)16-19/h6-7,10,15H,8-9H2,1-5H3. The minimum Gasteiger partial charge on any atom is -0.312 e. The number of hydrogen-bond donors (Lipinski definition) is 1. The summed E-state index contributed by atoms with van der Waals surface area (Å²) < 4.78 is 3.80. The second kappa shape index (κ2) is 5.57. The quantitative estimate of drug-likeness (QED) is 0.895. The van der Waals surface area contributed by atoms with Gasteiger partial charge in [-0.2, -0.15) is 10.2 Å². The minimum atomic E-state index is 0.646. The molecule has 2 rings (SSSR count). The van der Waals surface area contributed by atoms with Crippen molar-refractivity contribution in [3.63, 3.8) is 0 Å². The van der Waals surface area contributed by atoms with Crippen LogP contribution < -0.4 is 5.32 Å². The molecule has 0 aliphatic carbocycles. The van der Waals surface area contributed by atoms with E-state index < -0.39 is 0 Å². The molecule has 0 fully saturated rings. The topological polar surface area (TPSA) is 47.7 Å². The van der Waals surface area contributed by atoms with Crippen LogP contribution in [0.4, 0.5) is 0 Å². The molecule has 0 saturated heterocycles. The second-order valence-corrected chi connectivity index (χ2v) is 5.44. The molecular weight excluding hydrogens is 238 g/mol. The lowest BCUT2D eigenvalue weighted by molar-refractivity contribution is 0.550. The molecule has 1 N–H and O–H groups in total. The van der Waals surface area contributed by atoms with E-state index in [4.69, 9.17) is 0 Å². The summed E-state index contributed by atoms with van der Waals surface area (Å²) >= 11 is 0. The van der Waals surface area contributed by atoms with Crippen molar-refractivity contribution in [2.45, 2.75) is 34.2 Å². The number of nitrogens with one attached hydrogen (secondary N) is 1. The van der Waals surface area contributed by atoms with Gasteiger partial charge < -0.3 is 5.32 Å². The van der Waals surface area contributed by atoms with Crippen LogP contribution in [0.3, 0.4) is 0 Å². The maximum Gasteiger partial charge on any atom is 0.156 e. The van der Waals surface area contributed by atoms with E-state index in [-0.39, 0.29) is 0 Å². The van der Waals surface area contributed by atoms with E-state index in [1.807, 2.05) is 42.5 Å². The molecule has 0 bridgehead atoms. The molecule has 2 aromatic rings. The lowest BCUT2D eigenvalue weighted by atomic mass is 10.2. The van der Waals surface area contributed by atoms with Gasteiger partial charge in [-0.3, -0.25) is 4.68 Å². The van der Waals surface area contributed by atoms with Crippen molar-refractivity contribution in [1.82, 2.24) is 24.9 Å².